The van der Waals surface area contributed by atoms with E-state index in [0.29, 0.717) is 0 Å². The van der Waals surface area contributed by atoms with Crippen molar-refractivity contribution < 1.29 is 0 Å². The summed E-state index contributed by atoms with van der Waals surface area (Å²) < 4.78 is 0. The highest BCUT2D eigenvalue weighted by atomic mass is 15.1. The zero-order valence-corrected chi connectivity index (χ0v) is 16.7. The molecule has 4 aromatic rings. The predicted molar refractivity (Wildman–Crippen MR) is 121 cm³/mol. The summed E-state index contributed by atoms with van der Waals surface area (Å²) in [6, 6.07) is 34.7. The van der Waals surface area contributed by atoms with Gasteiger partial charge in [-0.1, -0.05) is 72.3 Å². The summed E-state index contributed by atoms with van der Waals surface area (Å²) >= 11 is 0. The Labute approximate surface area is 167 Å². The Balaban J connectivity index is 1.94. The summed E-state index contributed by atoms with van der Waals surface area (Å²) in [5, 5.41) is 0. The minimum atomic E-state index is 1.16. The Morgan fingerprint density at radius 1 is 0.536 bits per heavy atom. The maximum atomic E-state index is 2.36. The van der Waals surface area contributed by atoms with Crippen LogP contribution in [0.3, 0.4) is 0 Å². The van der Waals surface area contributed by atoms with Crippen LogP contribution in [0.2, 0.25) is 0 Å². The molecule has 0 aliphatic carbocycles. The molecule has 0 fully saturated rings. The van der Waals surface area contributed by atoms with E-state index in [4.69, 9.17) is 0 Å². The van der Waals surface area contributed by atoms with E-state index in [2.05, 4.69) is 123 Å². The molecule has 0 unspecified atom stereocenters. The fourth-order valence-electron chi connectivity index (χ4n) is 3.52. The van der Waals surface area contributed by atoms with Gasteiger partial charge in [0.2, 0.25) is 0 Å². The molecule has 0 aliphatic rings. The zero-order chi connectivity index (χ0) is 19.5. The molecular formula is C27H25N. The molecule has 0 heterocycles. The van der Waals surface area contributed by atoms with Crippen LogP contribution in [0.4, 0.5) is 17.1 Å². The number of hydrogen-bond donors (Lipinski definition) is 0. The molecule has 138 valence electrons. The third-order valence-corrected chi connectivity index (χ3v) is 5.27. The number of anilines is 3. The molecule has 0 aliphatic heterocycles. The molecule has 28 heavy (non-hydrogen) atoms. The van der Waals surface area contributed by atoms with Gasteiger partial charge in [0, 0.05) is 16.9 Å². The van der Waals surface area contributed by atoms with Crippen molar-refractivity contribution >= 4 is 17.1 Å². The predicted octanol–water partition coefficient (Wildman–Crippen LogP) is 7.75. The summed E-state index contributed by atoms with van der Waals surface area (Å²) in [7, 11) is 0. The highest BCUT2D eigenvalue weighted by molar-refractivity contribution is 5.88. The minimum Gasteiger partial charge on any atom is -0.310 e. The first-order valence-corrected chi connectivity index (χ1v) is 9.72. The van der Waals surface area contributed by atoms with E-state index in [9.17, 15) is 0 Å². The number of para-hydroxylation sites is 1. The van der Waals surface area contributed by atoms with E-state index in [1.165, 1.54) is 39.2 Å². The molecule has 4 aromatic carbocycles. The van der Waals surface area contributed by atoms with Crippen LogP contribution in [0.5, 0.6) is 0 Å². The van der Waals surface area contributed by atoms with E-state index in [0.717, 1.165) is 5.69 Å². The Hall–Kier alpha value is -3.32. The van der Waals surface area contributed by atoms with Crippen molar-refractivity contribution in [3.8, 4) is 11.1 Å². The second-order valence-electron chi connectivity index (χ2n) is 7.32. The molecular weight excluding hydrogens is 338 g/mol. The molecule has 0 bridgehead atoms. The molecule has 0 saturated carbocycles. The van der Waals surface area contributed by atoms with Crippen molar-refractivity contribution in [1.29, 1.82) is 0 Å². The fraction of sp³-hybridized carbons (Fsp3) is 0.111. The fourth-order valence-corrected chi connectivity index (χ4v) is 3.52. The summed E-state index contributed by atoms with van der Waals surface area (Å²) in [5.74, 6) is 0. The normalized spacial score (nSPS) is 10.7. The Morgan fingerprint density at radius 3 is 1.89 bits per heavy atom. The van der Waals surface area contributed by atoms with Gasteiger partial charge in [-0.3, -0.25) is 0 Å². The van der Waals surface area contributed by atoms with Gasteiger partial charge in [0.1, 0.15) is 0 Å². The lowest BCUT2D eigenvalue weighted by Gasteiger charge is -2.28. The van der Waals surface area contributed by atoms with Gasteiger partial charge in [0.15, 0.2) is 0 Å². The van der Waals surface area contributed by atoms with Gasteiger partial charge in [-0.25, -0.2) is 0 Å². The number of benzene rings is 4. The number of hydrogen-bond acceptors (Lipinski definition) is 1. The summed E-state index contributed by atoms with van der Waals surface area (Å²) in [4.78, 5) is 2.36. The average molecular weight is 364 g/mol. The lowest BCUT2D eigenvalue weighted by Crippen LogP contribution is -2.11. The second kappa shape index (κ2) is 7.74. The smallest absolute Gasteiger partial charge is 0.0540 e. The molecule has 0 N–H and O–H groups in total. The largest absolute Gasteiger partial charge is 0.310 e. The topological polar surface area (TPSA) is 3.24 Å². The molecule has 0 atom stereocenters. The molecule has 4 rings (SSSR count). The zero-order valence-electron chi connectivity index (χ0n) is 16.7. The van der Waals surface area contributed by atoms with Crippen LogP contribution in [0.25, 0.3) is 11.1 Å². The highest BCUT2D eigenvalue weighted by Crippen LogP contribution is 2.40. The third-order valence-electron chi connectivity index (χ3n) is 5.27. The monoisotopic (exact) mass is 363 g/mol. The summed E-state index contributed by atoms with van der Waals surface area (Å²) in [6.45, 7) is 6.46. The van der Waals surface area contributed by atoms with E-state index in [1.54, 1.807) is 0 Å². The van der Waals surface area contributed by atoms with Gasteiger partial charge in [0.25, 0.3) is 0 Å². The van der Waals surface area contributed by atoms with Crippen LogP contribution in [-0.4, -0.2) is 0 Å². The minimum absolute atomic E-state index is 1.16. The highest BCUT2D eigenvalue weighted by Gasteiger charge is 2.17. The van der Waals surface area contributed by atoms with E-state index in [1.807, 2.05) is 0 Å². The van der Waals surface area contributed by atoms with Crippen LogP contribution in [0.1, 0.15) is 16.7 Å². The van der Waals surface area contributed by atoms with Gasteiger partial charge < -0.3 is 4.90 Å². The Bertz CT molecular complexity index is 1080. The van der Waals surface area contributed by atoms with Gasteiger partial charge in [-0.2, -0.15) is 0 Å². The molecule has 1 nitrogen and oxygen atoms in total. The number of nitrogens with zero attached hydrogens (tertiary/aromatic N) is 1. The molecule has 1 heteroatoms. The first-order valence-electron chi connectivity index (χ1n) is 9.72. The van der Waals surface area contributed by atoms with Crippen molar-refractivity contribution in [2.45, 2.75) is 20.8 Å². The maximum absolute atomic E-state index is 2.36. The van der Waals surface area contributed by atoms with Crippen molar-refractivity contribution in [2.24, 2.45) is 0 Å². The first kappa shape index (κ1) is 18.1. The average Bonchev–Trinajstić information content (AvgIpc) is 2.73. The standard InChI is InChI=1S/C27H25N/c1-20-13-16-24(17-14-20)28(25-18-15-21(2)22(3)19-25)27-12-8-7-11-26(27)23-9-5-4-6-10-23/h4-19H,1-3H3. The van der Waals surface area contributed by atoms with Gasteiger partial charge in [-0.15, -0.1) is 0 Å². The lowest BCUT2D eigenvalue weighted by molar-refractivity contribution is 1.25. The maximum Gasteiger partial charge on any atom is 0.0540 e. The molecule has 0 amide bonds. The van der Waals surface area contributed by atoms with Crippen LogP contribution < -0.4 is 4.90 Å². The Morgan fingerprint density at radius 2 is 1.18 bits per heavy atom. The van der Waals surface area contributed by atoms with Gasteiger partial charge in [0.05, 0.1) is 5.69 Å². The SMILES string of the molecule is Cc1ccc(N(c2ccc(C)c(C)c2)c2ccccc2-c2ccccc2)cc1. The molecule has 0 spiro atoms. The van der Waals surface area contributed by atoms with Crippen LogP contribution in [0.15, 0.2) is 97.1 Å². The van der Waals surface area contributed by atoms with Crippen molar-refractivity contribution in [3.63, 3.8) is 0 Å². The van der Waals surface area contributed by atoms with Crippen molar-refractivity contribution in [2.75, 3.05) is 4.90 Å². The molecule has 0 radical (unpaired) electrons. The summed E-state index contributed by atoms with van der Waals surface area (Å²) in [6.07, 6.45) is 0. The van der Waals surface area contributed by atoms with Crippen molar-refractivity contribution in [3.05, 3.63) is 114 Å². The van der Waals surface area contributed by atoms with Crippen LogP contribution in [-0.2, 0) is 0 Å². The molecule has 0 aromatic heterocycles. The van der Waals surface area contributed by atoms with Crippen LogP contribution >= 0.6 is 0 Å². The molecule has 0 saturated heterocycles. The Kier molecular flexibility index (Phi) is 4.99. The lowest BCUT2D eigenvalue weighted by atomic mass is 10.0. The number of rotatable bonds is 4. The van der Waals surface area contributed by atoms with E-state index >= 15 is 0 Å². The van der Waals surface area contributed by atoms with Crippen molar-refractivity contribution in [1.82, 2.24) is 0 Å². The van der Waals surface area contributed by atoms with E-state index < -0.39 is 0 Å². The third kappa shape index (κ3) is 3.57. The number of aryl methyl sites for hydroxylation is 3. The van der Waals surface area contributed by atoms with E-state index in [-0.39, 0.29) is 0 Å². The van der Waals surface area contributed by atoms with Crippen LogP contribution in [0, 0.1) is 20.8 Å². The van der Waals surface area contributed by atoms with Gasteiger partial charge >= 0.3 is 0 Å². The summed E-state index contributed by atoms with van der Waals surface area (Å²) in [5.41, 5.74) is 9.84. The first-order chi connectivity index (χ1) is 13.6. The second-order valence-corrected chi connectivity index (χ2v) is 7.32. The van der Waals surface area contributed by atoms with Gasteiger partial charge in [-0.05, 0) is 67.8 Å². The quantitative estimate of drug-likeness (QED) is 0.358.